The fourth-order valence-electron chi connectivity index (χ4n) is 1.78. The summed E-state index contributed by atoms with van der Waals surface area (Å²) in [6.45, 7) is 1.96. The van der Waals surface area contributed by atoms with E-state index in [2.05, 4.69) is 16.6 Å². The highest BCUT2D eigenvalue weighted by Gasteiger charge is 2.25. The van der Waals surface area contributed by atoms with Crippen molar-refractivity contribution in [3.05, 3.63) is 0 Å². The molecule has 1 aliphatic rings. The van der Waals surface area contributed by atoms with E-state index in [1.165, 1.54) is 0 Å². The summed E-state index contributed by atoms with van der Waals surface area (Å²) in [6, 6.07) is -0.265. The lowest BCUT2D eigenvalue weighted by Gasteiger charge is -2.26. The van der Waals surface area contributed by atoms with Crippen LogP contribution in [-0.4, -0.2) is 44.5 Å². The predicted molar refractivity (Wildman–Crippen MR) is 66.1 cm³/mol. The number of hydrogen-bond donors (Lipinski definition) is 2. The number of sulfone groups is 1. The number of nitrogens with one attached hydrogen (secondary N) is 2. The largest absolute Gasteiger partial charge is 0.344 e. The van der Waals surface area contributed by atoms with Gasteiger partial charge in [0.05, 0.1) is 24.1 Å². The molecule has 0 spiro atoms. The monoisotopic (exact) mass is 258 g/mol. The number of carbonyl (C=O) groups is 1. The van der Waals surface area contributed by atoms with E-state index in [4.69, 9.17) is 6.42 Å². The molecule has 5 nitrogen and oxygen atoms in total. The Morgan fingerprint density at radius 2 is 2.06 bits per heavy atom. The van der Waals surface area contributed by atoms with Crippen LogP contribution in [0.4, 0.5) is 0 Å². The van der Waals surface area contributed by atoms with Crippen molar-refractivity contribution in [2.24, 2.45) is 0 Å². The molecule has 0 aromatic carbocycles. The summed E-state index contributed by atoms with van der Waals surface area (Å²) in [5, 5.41) is 5.70. The van der Waals surface area contributed by atoms with Crippen molar-refractivity contribution in [3.8, 4) is 12.3 Å². The molecule has 0 aromatic rings. The summed E-state index contributed by atoms with van der Waals surface area (Å²) >= 11 is 0. The minimum atomic E-state index is -2.85. The molecule has 1 heterocycles. The Balaban J connectivity index is 2.35. The average molecular weight is 258 g/mol. The number of carbonyl (C=O) groups excluding carboxylic acids is 1. The van der Waals surface area contributed by atoms with Gasteiger partial charge in [0, 0.05) is 6.04 Å². The van der Waals surface area contributed by atoms with Crippen LogP contribution >= 0.6 is 0 Å². The average Bonchev–Trinajstić information content (AvgIpc) is 2.28. The lowest BCUT2D eigenvalue weighted by molar-refractivity contribution is -0.122. The molecule has 1 fully saturated rings. The third-order valence-corrected chi connectivity index (χ3v) is 4.51. The standard InChI is InChI=1S/C11H18N2O3S/c1-3-6-12-11(14)9(2)13-10-4-7-17(15,16)8-5-10/h1,9-10,13H,4-8H2,2H3,(H,12,14). The van der Waals surface area contributed by atoms with Crippen LogP contribution in [0.25, 0.3) is 0 Å². The van der Waals surface area contributed by atoms with Crippen molar-refractivity contribution < 1.29 is 13.2 Å². The minimum absolute atomic E-state index is 0.0881. The normalized spacial score (nSPS) is 21.4. The van der Waals surface area contributed by atoms with E-state index in [0.29, 0.717) is 12.8 Å². The topological polar surface area (TPSA) is 75.3 Å². The van der Waals surface area contributed by atoms with Crippen LogP contribution in [0.5, 0.6) is 0 Å². The Hall–Kier alpha value is -1.06. The molecule has 0 aromatic heterocycles. The van der Waals surface area contributed by atoms with Gasteiger partial charge in [-0.05, 0) is 19.8 Å². The fourth-order valence-corrected chi connectivity index (χ4v) is 3.27. The molecule has 1 amide bonds. The van der Waals surface area contributed by atoms with Crippen molar-refractivity contribution in [1.82, 2.24) is 10.6 Å². The van der Waals surface area contributed by atoms with E-state index in [0.717, 1.165) is 0 Å². The number of amides is 1. The van der Waals surface area contributed by atoms with E-state index >= 15 is 0 Å². The molecule has 1 aliphatic heterocycles. The molecular formula is C11H18N2O3S. The molecule has 1 unspecified atom stereocenters. The van der Waals surface area contributed by atoms with Crippen LogP contribution in [0, 0.1) is 12.3 Å². The summed E-state index contributed by atoms with van der Waals surface area (Å²) in [7, 11) is -2.85. The summed E-state index contributed by atoms with van der Waals surface area (Å²) in [5.74, 6) is 2.57. The van der Waals surface area contributed by atoms with Crippen molar-refractivity contribution in [2.75, 3.05) is 18.1 Å². The smallest absolute Gasteiger partial charge is 0.237 e. The van der Waals surface area contributed by atoms with E-state index in [-0.39, 0.29) is 36.0 Å². The second-order valence-corrected chi connectivity index (χ2v) is 6.54. The van der Waals surface area contributed by atoms with E-state index < -0.39 is 9.84 Å². The van der Waals surface area contributed by atoms with Gasteiger partial charge in [0.2, 0.25) is 5.91 Å². The molecule has 96 valence electrons. The van der Waals surface area contributed by atoms with Crippen molar-refractivity contribution in [2.45, 2.75) is 31.8 Å². The van der Waals surface area contributed by atoms with Crippen LogP contribution in [0.15, 0.2) is 0 Å². The molecule has 1 rings (SSSR count). The second kappa shape index (κ2) is 6.03. The van der Waals surface area contributed by atoms with Crippen molar-refractivity contribution in [1.29, 1.82) is 0 Å². The van der Waals surface area contributed by atoms with Gasteiger partial charge in [0.1, 0.15) is 9.84 Å². The maximum absolute atomic E-state index is 11.5. The molecule has 17 heavy (non-hydrogen) atoms. The Bertz CT molecular complexity index is 397. The molecule has 6 heteroatoms. The third-order valence-electron chi connectivity index (χ3n) is 2.80. The van der Waals surface area contributed by atoms with Crippen LogP contribution in [0.1, 0.15) is 19.8 Å². The van der Waals surface area contributed by atoms with Crippen LogP contribution < -0.4 is 10.6 Å². The van der Waals surface area contributed by atoms with Gasteiger partial charge in [0.15, 0.2) is 0 Å². The van der Waals surface area contributed by atoms with E-state index in [1.54, 1.807) is 6.92 Å². The summed E-state index contributed by atoms with van der Waals surface area (Å²) in [4.78, 5) is 11.5. The Kier molecular flexibility index (Phi) is 4.97. The zero-order valence-corrected chi connectivity index (χ0v) is 10.7. The molecule has 0 aliphatic carbocycles. The highest BCUT2D eigenvalue weighted by Crippen LogP contribution is 2.12. The first-order valence-electron chi connectivity index (χ1n) is 5.62. The molecule has 2 N–H and O–H groups in total. The van der Waals surface area contributed by atoms with Gasteiger partial charge >= 0.3 is 0 Å². The lowest BCUT2D eigenvalue weighted by atomic mass is 10.1. The van der Waals surface area contributed by atoms with Gasteiger partial charge in [-0.1, -0.05) is 5.92 Å². The number of rotatable bonds is 4. The van der Waals surface area contributed by atoms with Crippen LogP contribution in [0.2, 0.25) is 0 Å². The molecule has 1 atom stereocenters. The molecule has 0 radical (unpaired) electrons. The summed E-state index contributed by atoms with van der Waals surface area (Å²) in [6.07, 6.45) is 6.17. The minimum Gasteiger partial charge on any atom is -0.344 e. The maximum Gasteiger partial charge on any atom is 0.237 e. The van der Waals surface area contributed by atoms with Gasteiger partial charge in [0.25, 0.3) is 0 Å². The van der Waals surface area contributed by atoms with Crippen LogP contribution in [-0.2, 0) is 14.6 Å². The van der Waals surface area contributed by atoms with Gasteiger partial charge in [-0.15, -0.1) is 6.42 Å². The van der Waals surface area contributed by atoms with Gasteiger partial charge < -0.3 is 10.6 Å². The Labute approximate surface area is 102 Å². The van der Waals surface area contributed by atoms with Crippen LogP contribution in [0.3, 0.4) is 0 Å². The highest BCUT2D eigenvalue weighted by molar-refractivity contribution is 7.91. The zero-order valence-electron chi connectivity index (χ0n) is 9.90. The third kappa shape index (κ3) is 4.75. The Morgan fingerprint density at radius 3 is 2.59 bits per heavy atom. The quantitative estimate of drug-likeness (QED) is 0.653. The molecule has 1 saturated heterocycles. The number of terminal acetylenes is 1. The lowest BCUT2D eigenvalue weighted by Crippen LogP contribution is -2.48. The zero-order chi connectivity index (χ0) is 12.9. The second-order valence-electron chi connectivity index (χ2n) is 4.24. The summed E-state index contributed by atoms with van der Waals surface area (Å²) in [5.41, 5.74) is 0. The highest BCUT2D eigenvalue weighted by atomic mass is 32.2. The Morgan fingerprint density at radius 1 is 1.47 bits per heavy atom. The SMILES string of the molecule is C#CCNC(=O)C(C)NC1CCS(=O)(=O)CC1. The maximum atomic E-state index is 11.5. The molecular weight excluding hydrogens is 240 g/mol. The molecule has 0 bridgehead atoms. The van der Waals surface area contributed by atoms with Crippen molar-refractivity contribution in [3.63, 3.8) is 0 Å². The first-order chi connectivity index (χ1) is 7.94. The fraction of sp³-hybridized carbons (Fsp3) is 0.727. The van der Waals surface area contributed by atoms with Crippen molar-refractivity contribution >= 4 is 15.7 Å². The predicted octanol–water partition coefficient (Wildman–Crippen LogP) is -0.709. The summed E-state index contributed by atoms with van der Waals surface area (Å²) < 4.78 is 22.5. The van der Waals surface area contributed by atoms with Gasteiger partial charge in [-0.3, -0.25) is 4.79 Å². The van der Waals surface area contributed by atoms with E-state index in [1.807, 2.05) is 0 Å². The molecule has 0 saturated carbocycles. The van der Waals surface area contributed by atoms with Gasteiger partial charge in [-0.25, -0.2) is 8.42 Å². The first kappa shape index (κ1) is 14.0. The van der Waals surface area contributed by atoms with Gasteiger partial charge in [-0.2, -0.15) is 0 Å². The first-order valence-corrected chi connectivity index (χ1v) is 7.44. The number of hydrogen-bond acceptors (Lipinski definition) is 4. The van der Waals surface area contributed by atoms with E-state index in [9.17, 15) is 13.2 Å².